The number of aromatic nitrogens is 3. The van der Waals surface area contributed by atoms with Gasteiger partial charge in [-0.25, -0.2) is 0 Å². The van der Waals surface area contributed by atoms with Gasteiger partial charge in [-0.05, 0) is 55.3 Å². The number of ether oxygens (including phenoxy) is 2. The lowest BCUT2D eigenvalue weighted by molar-refractivity contribution is 0.0935. The molecule has 0 spiro atoms. The molecule has 1 amide bonds. The number of rotatable bonds is 9. The van der Waals surface area contributed by atoms with Gasteiger partial charge in [-0.2, -0.15) is 0 Å². The normalized spacial score (nSPS) is 11.7. The molecular formula is C27H26Cl2N4O3S. The number of thioether (sulfide) groups is 1. The first kappa shape index (κ1) is 26.9. The van der Waals surface area contributed by atoms with Gasteiger partial charge in [0.2, 0.25) is 0 Å². The molecule has 0 saturated carbocycles. The zero-order valence-corrected chi connectivity index (χ0v) is 23.1. The average Bonchev–Trinajstić information content (AvgIpc) is 3.31. The van der Waals surface area contributed by atoms with Gasteiger partial charge in [0.1, 0.15) is 11.5 Å². The average molecular weight is 558 g/mol. The van der Waals surface area contributed by atoms with Gasteiger partial charge in [0.25, 0.3) is 5.91 Å². The minimum Gasteiger partial charge on any atom is -0.497 e. The van der Waals surface area contributed by atoms with E-state index in [1.54, 1.807) is 37.4 Å². The number of benzene rings is 3. The topological polar surface area (TPSA) is 78.3 Å². The Morgan fingerprint density at radius 3 is 2.54 bits per heavy atom. The number of carbonyl (C=O) groups excluding carboxylic acids is 1. The molecule has 192 valence electrons. The van der Waals surface area contributed by atoms with E-state index in [1.165, 1.54) is 30.0 Å². The minimum absolute atomic E-state index is 0.321. The second-order valence-corrected chi connectivity index (χ2v) is 10.0. The highest BCUT2D eigenvalue weighted by Gasteiger charge is 2.24. The van der Waals surface area contributed by atoms with E-state index >= 15 is 0 Å². The van der Waals surface area contributed by atoms with E-state index in [0.717, 1.165) is 0 Å². The highest BCUT2D eigenvalue weighted by atomic mass is 35.5. The smallest absolute Gasteiger partial charge is 0.255 e. The van der Waals surface area contributed by atoms with Gasteiger partial charge in [-0.1, -0.05) is 59.2 Å². The Hall–Kier alpha value is -3.20. The number of methoxy groups -OCH3 is 2. The Bertz CT molecular complexity index is 1430. The molecule has 4 aromatic rings. The van der Waals surface area contributed by atoms with Crippen LogP contribution in [0.1, 0.15) is 40.3 Å². The molecule has 3 aromatic carbocycles. The highest BCUT2D eigenvalue weighted by Crippen LogP contribution is 2.33. The van der Waals surface area contributed by atoms with Gasteiger partial charge >= 0.3 is 0 Å². The van der Waals surface area contributed by atoms with Crippen LogP contribution in [0.3, 0.4) is 0 Å². The van der Waals surface area contributed by atoms with Crippen LogP contribution in [-0.2, 0) is 5.75 Å². The molecule has 10 heteroatoms. The van der Waals surface area contributed by atoms with E-state index in [1.807, 2.05) is 29.7 Å². The van der Waals surface area contributed by atoms with Crippen LogP contribution in [0, 0.1) is 6.92 Å². The lowest BCUT2D eigenvalue weighted by Crippen LogP contribution is -2.29. The molecule has 7 nitrogen and oxygen atoms in total. The number of hydrogen-bond acceptors (Lipinski definition) is 6. The van der Waals surface area contributed by atoms with Crippen LogP contribution in [0.4, 0.5) is 0 Å². The van der Waals surface area contributed by atoms with E-state index in [9.17, 15) is 4.79 Å². The first-order valence-corrected chi connectivity index (χ1v) is 13.2. The third-order valence-corrected chi connectivity index (χ3v) is 7.33. The Morgan fingerprint density at radius 2 is 1.84 bits per heavy atom. The quantitative estimate of drug-likeness (QED) is 0.231. The number of nitrogens with one attached hydrogen (secondary N) is 1. The maximum atomic E-state index is 13.2. The van der Waals surface area contributed by atoms with Crippen LogP contribution >= 0.6 is 35.0 Å². The SMILES string of the molecule is COc1ccc(C(=O)NC(C)c2nnc(SCc3ccccc3C)n2-c2ccc(Cl)cc2Cl)c(OC)c1. The third kappa shape index (κ3) is 6.04. The second kappa shape index (κ2) is 11.9. The Labute approximate surface area is 230 Å². The zero-order chi connectivity index (χ0) is 26.5. The minimum atomic E-state index is -0.508. The standard InChI is InChI=1S/C27H26Cl2N4O3S/c1-16-7-5-6-8-18(16)15-37-27-32-31-25(33(27)23-12-9-19(28)13-22(23)29)17(2)30-26(34)21-11-10-20(35-3)14-24(21)36-4/h5-14,17H,15H2,1-4H3,(H,30,34). The lowest BCUT2D eigenvalue weighted by atomic mass is 10.1. The fourth-order valence-corrected chi connectivity index (χ4v) is 5.30. The van der Waals surface area contributed by atoms with Crippen LogP contribution < -0.4 is 14.8 Å². The summed E-state index contributed by atoms with van der Waals surface area (Å²) in [5, 5.41) is 13.5. The van der Waals surface area contributed by atoms with Gasteiger partial charge < -0.3 is 14.8 Å². The first-order chi connectivity index (χ1) is 17.8. The van der Waals surface area contributed by atoms with Crippen LogP contribution in [0.15, 0.2) is 65.8 Å². The van der Waals surface area contributed by atoms with Crippen molar-refractivity contribution in [2.75, 3.05) is 14.2 Å². The molecule has 1 N–H and O–H groups in total. The molecule has 1 heterocycles. The molecule has 37 heavy (non-hydrogen) atoms. The summed E-state index contributed by atoms with van der Waals surface area (Å²) < 4.78 is 12.5. The van der Waals surface area contributed by atoms with Crippen LogP contribution in [0.25, 0.3) is 5.69 Å². The fourth-order valence-electron chi connectivity index (χ4n) is 3.78. The van der Waals surface area contributed by atoms with Gasteiger partial charge in [0, 0.05) is 16.8 Å². The molecule has 0 aliphatic rings. The number of aryl methyl sites for hydroxylation is 1. The molecule has 0 saturated heterocycles. The summed E-state index contributed by atoms with van der Waals surface area (Å²) in [5.74, 6) is 1.89. The summed E-state index contributed by atoms with van der Waals surface area (Å²) in [5.41, 5.74) is 3.43. The monoisotopic (exact) mass is 556 g/mol. The number of nitrogens with zero attached hydrogens (tertiary/aromatic N) is 3. The van der Waals surface area contributed by atoms with Gasteiger partial charge in [-0.15, -0.1) is 10.2 Å². The Balaban J connectivity index is 1.67. The molecular weight excluding hydrogens is 531 g/mol. The predicted octanol–water partition coefficient (Wildman–Crippen LogP) is 6.68. The van der Waals surface area contributed by atoms with E-state index in [2.05, 4.69) is 34.6 Å². The Kier molecular flexibility index (Phi) is 8.63. The van der Waals surface area contributed by atoms with Crippen molar-refractivity contribution in [3.63, 3.8) is 0 Å². The molecule has 1 unspecified atom stereocenters. The summed E-state index contributed by atoms with van der Waals surface area (Å²) in [6, 6.07) is 18.0. The van der Waals surface area contributed by atoms with Crippen molar-refractivity contribution in [2.45, 2.75) is 30.8 Å². The van der Waals surface area contributed by atoms with Crippen molar-refractivity contribution in [1.82, 2.24) is 20.1 Å². The summed E-state index contributed by atoms with van der Waals surface area (Å²) in [4.78, 5) is 13.2. The van der Waals surface area contributed by atoms with Crippen molar-refractivity contribution in [2.24, 2.45) is 0 Å². The van der Waals surface area contributed by atoms with Crippen molar-refractivity contribution < 1.29 is 14.3 Å². The van der Waals surface area contributed by atoms with Gasteiger partial charge in [-0.3, -0.25) is 9.36 Å². The fraction of sp³-hybridized carbons (Fsp3) is 0.222. The maximum absolute atomic E-state index is 13.2. The molecule has 0 aliphatic heterocycles. The molecule has 0 fully saturated rings. The van der Waals surface area contributed by atoms with Crippen molar-refractivity contribution in [3.8, 4) is 17.2 Å². The van der Waals surface area contributed by atoms with E-state index < -0.39 is 6.04 Å². The summed E-state index contributed by atoms with van der Waals surface area (Å²) in [6.07, 6.45) is 0. The van der Waals surface area contributed by atoms with Gasteiger partial charge in [0.05, 0.1) is 36.5 Å². The molecule has 0 bridgehead atoms. The number of amides is 1. The first-order valence-electron chi connectivity index (χ1n) is 11.4. The second-order valence-electron chi connectivity index (χ2n) is 8.25. The zero-order valence-electron chi connectivity index (χ0n) is 20.8. The maximum Gasteiger partial charge on any atom is 0.255 e. The summed E-state index contributed by atoms with van der Waals surface area (Å²) >= 11 is 14.3. The predicted molar refractivity (Wildman–Crippen MR) is 148 cm³/mol. The largest absolute Gasteiger partial charge is 0.497 e. The van der Waals surface area contributed by atoms with Gasteiger partial charge in [0.15, 0.2) is 11.0 Å². The van der Waals surface area contributed by atoms with E-state index in [-0.39, 0.29) is 5.91 Å². The lowest BCUT2D eigenvalue weighted by Gasteiger charge is -2.18. The highest BCUT2D eigenvalue weighted by molar-refractivity contribution is 7.98. The van der Waals surface area contributed by atoms with Crippen molar-refractivity contribution in [1.29, 1.82) is 0 Å². The summed E-state index contributed by atoms with van der Waals surface area (Å²) in [7, 11) is 3.06. The number of halogens is 2. The molecule has 4 rings (SSSR count). The molecule has 0 radical (unpaired) electrons. The molecule has 0 aliphatic carbocycles. The number of hydrogen-bond donors (Lipinski definition) is 1. The number of carbonyl (C=O) groups is 1. The van der Waals surface area contributed by atoms with Crippen LogP contribution in [0.5, 0.6) is 11.5 Å². The van der Waals surface area contributed by atoms with Crippen molar-refractivity contribution >= 4 is 40.9 Å². The van der Waals surface area contributed by atoms with Crippen LogP contribution in [-0.4, -0.2) is 34.9 Å². The van der Waals surface area contributed by atoms with E-state index in [4.69, 9.17) is 32.7 Å². The summed E-state index contributed by atoms with van der Waals surface area (Å²) in [6.45, 7) is 3.92. The molecule has 1 atom stereocenters. The molecule has 1 aromatic heterocycles. The van der Waals surface area contributed by atoms with Crippen LogP contribution in [0.2, 0.25) is 10.0 Å². The van der Waals surface area contributed by atoms with Crippen molar-refractivity contribution in [3.05, 3.63) is 93.2 Å². The third-order valence-electron chi connectivity index (χ3n) is 5.82. The van der Waals surface area contributed by atoms with E-state index in [0.29, 0.717) is 49.5 Å². The Morgan fingerprint density at radius 1 is 1.05 bits per heavy atom.